The number of carbonyl (C=O) groups excluding carboxylic acids is 1. The minimum absolute atomic E-state index is 0.194. The van der Waals surface area contributed by atoms with Gasteiger partial charge in [0.15, 0.2) is 0 Å². The molecule has 1 N–H and O–H groups in total. The fourth-order valence-corrected chi connectivity index (χ4v) is 5.70. The van der Waals surface area contributed by atoms with E-state index in [-0.39, 0.29) is 5.54 Å². The quantitative estimate of drug-likeness (QED) is 0.862. The van der Waals surface area contributed by atoms with Crippen molar-refractivity contribution in [3.63, 3.8) is 0 Å². The molecule has 0 aromatic carbocycles. The fourth-order valence-electron chi connectivity index (χ4n) is 4.71. The van der Waals surface area contributed by atoms with E-state index in [0.29, 0.717) is 23.4 Å². The number of rotatable bonds is 4. The Hall–Kier alpha value is -0.220. The minimum Gasteiger partial charge on any atom is -0.321 e. The molecule has 1 heterocycles. The summed E-state index contributed by atoms with van der Waals surface area (Å²) in [6.07, 6.45) is 14.4. The molecule has 3 rings (SSSR count). The van der Waals surface area contributed by atoms with Crippen LogP contribution in [-0.2, 0) is 4.79 Å². The van der Waals surface area contributed by atoms with Gasteiger partial charge in [0.05, 0.1) is 11.7 Å². The van der Waals surface area contributed by atoms with Crippen molar-refractivity contribution in [2.24, 2.45) is 0 Å². The van der Waals surface area contributed by atoms with Crippen LogP contribution in [0.1, 0.15) is 71.1 Å². The first-order chi connectivity index (χ1) is 10.2. The lowest BCUT2D eigenvalue weighted by molar-refractivity contribution is -0.135. The van der Waals surface area contributed by atoms with E-state index in [1.807, 2.05) is 11.8 Å². The number of nitrogens with one attached hydrogen (secondary N) is 1. The highest BCUT2D eigenvalue weighted by atomic mass is 32.2. The Bertz CT molecular complexity index is 381. The Kier molecular flexibility index (Phi) is 4.84. The first kappa shape index (κ1) is 15.7. The number of nitrogens with zero attached hydrogens (tertiary/aromatic N) is 1. The van der Waals surface area contributed by atoms with Crippen LogP contribution in [0, 0.1) is 0 Å². The predicted octanol–water partition coefficient (Wildman–Crippen LogP) is 3.53. The lowest BCUT2D eigenvalue weighted by Crippen LogP contribution is -2.50. The van der Waals surface area contributed by atoms with Crippen LogP contribution in [0.5, 0.6) is 0 Å². The van der Waals surface area contributed by atoms with E-state index in [4.69, 9.17) is 0 Å². The van der Waals surface area contributed by atoms with Crippen LogP contribution in [0.25, 0.3) is 0 Å². The molecule has 1 saturated heterocycles. The summed E-state index contributed by atoms with van der Waals surface area (Å²) < 4.78 is 0. The largest absolute Gasteiger partial charge is 0.321 e. The van der Waals surface area contributed by atoms with E-state index in [2.05, 4.69) is 23.4 Å². The topological polar surface area (TPSA) is 32.3 Å². The molecule has 3 unspecified atom stereocenters. The van der Waals surface area contributed by atoms with Crippen molar-refractivity contribution < 1.29 is 4.79 Å². The maximum Gasteiger partial charge on any atom is 0.244 e. The fraction of sp³-hybridized carbons (Fsp3) is 0.941. The normalized spacial score (nSPS) is 35.8. The Balaban J connectivity index is 1.84. The van der Waals surface area contributed by atoms with Gasteiger partial charge < -0.3 is 4.90 Å². The van der Waals surface area contributed by atoms with E-state index in [1.165, 1.54) is 38.5 Å². The van der Waals surface area contributed by atoms with Crippen LogP contribution in [0.15, 0.2) is 0 Å². The summed E-state index contributed by atoms with van der Waals surface area (Å²) in [7, 11) is 0. The Morgan fingerprint density at radius 1 is 1.24 bits per heavy atom. The molecule has 0 aromatic rings. The summed E-state index contributed by atoms with van der Waals surface area (Å²) in [5.41, 5.74) is -0.194. The average Bonchev–Trinajstić information content (AvgIpc) is 3.07. The molecule has 120 valence electrons. The van der Waals surface area contributed by atoms with Gasteiger partial charge in [-0.2, -0.15) is 11.8 Å². The Morgan fingerprint density at radius 3 is 2.62 bits per heavy atom. The number of hydrogen-bond donors (Lipinski definition) is 1. The second-order valence-electron chi connectivity index (χ2n) is 7.08. The molecule has 21 heavy (non-hydrogen) atoms. The third kappa shape index (κ3) is 2.74. The summed E-state index contributed by atoms with van der Waals surface area (Å²) in [4.78, 5) is 15.5. The summed E-state index contributed by atoms with van der Waals surface area (Å²) in [6, 6.07) is 0.463. The third-order valence-corrected chi connectivity index (χ3v) is 6.92. The molecule has 2 aliphatic carbocycles. The van der Waals surface area contributed by atoms with Crippen LogP contribution in [-0.4, -0.2) is 40.1 Å². The lowest BCUT2D eigenvalue weighted by atomic mass is 9.91. The Labute approximate surface area is 133 Å². The molecule has 1 aliphatic heterocycles. The summed E-state index contributed by atoms with van der Waals surface area (Å²) in [5, 5.41) is 4.42. The Morgan fingerprint density at radius 2 is 1.95 bits per heavy atom. The molecule has 4 heteroatoms. The smallest absolute Gasteiger partial charge is 0.244 e. The second kappa shape index (κ2) is 6.49. The number of carbonyl (C=O) groups is 1. The third-order valence-electron chi connectivity index (χ3n) is 5.77. The predicted molar refractivity (Wildman–Crippen MR) is 89.4 cm³/mol. The molecule has 0 bridgehead atoms. The van der Waals surface area contributed by atoms with Crippen molar-refractivity contribution in [2.75, 3.05) is 6.26 Å². The van der Waals surface area contributed by atoms with Crippen LogP contribution in [0.3, 0.4) is 0 Å². The monoisotopic (exact) mass is 310 g/mol. The number of amides is 1. The number of thioether (sulfide) groups is 1. The zero-order valence-electron chi connectivity index (χ0n) is 13.6. The molecular weight excluding hydrogens is 280 g/mol. The van der Waals surface area contributed by atoms with Gasteiger partial charge in [-0.3, -0.25) is 10.1 Å². The molecule has 3 nitrogen and oxygen atoms in total. The zero-order valence-corrected chi connectivity index (χ0v) is 14.4. The minimum atomic E-state index is -0.194. The highest BCUT2D eigenvalue weighted by Gasteiger charge is 2.54. The zero-order chi connectivity index (χ0) is 14.9. The molecule has 3 aliphatic rings. The molecule has 3 atom stereocenters. The van der Waals surface area contributed by atoms with Crippen LogP contribution >= 0.6 is 11.8 Å². The van der Waals surface area contributed by atoms with Gasteiger partial charge in [0.2, 0.25) is 5.91 Å². The van der Waals surface area contributed by atoms with E-state index >= 15 is 0 Å². The van der Waals surface area contributed by atoms with E-state index in [1.54, 1.807) is 0 Å². The van der Waals surface area contributed by atoms with Crippen molar-refractivity contribution in [1.82, 2.24) is 10.2 Å². The molecule has 2 saturated carbocycles. The van der Waals surface area contributed by atoms with Crippen molar-refractivity contribution in [1.29, 1.82) is 0 Å². The standard InChI is InChI=1S/C17H30N2OS/c1-3-8-15-18-17(11-6-7-12-17)16(20)19(15)13-9-4-5-10-14(13)21-2/h13-15,18H,3-12H2,1-2H3. The maximum atomic E-state index is 13.2. The van der Waals surface area contributed by atoms with Crippen LogP contribution in [0.2, 0.25) is 0 Å². The van der Waals surface area contributed by atoms with Gasteiger partial charge in [-0.15, -0.1) is 0 Å². The second-order valence-corrected chi connectivity index (χ2v) is 8.15. The highest BCUT2D eigenvalue weighted by Crippen LogP contribution is 2.41. The molecular formula is C17H30N2OS. The molecule has 0 aromatic heterocycles. The molecule has 0 radical (unpaired) electrons. The summed E-state index contributed by atoms with van der Waals surface area (Å²) in [6.45, 7) is 2.23. The molecule has 3 fully saturated rings. The first-order valence-corrected chi connectivity index (χ1v) is 10.1. The van der Waals surface area contributed by atoms with Gasteiger partial charge in [0, 0.05) is 11.3 Å². The van der Waals surface area contributed by atoms with E-state index in [0.717, 1.165) is 25.7 Å². The van der Waals surface area contributed by atoms with Gasteiger partial charge in [-0.1, -0.05) is 39.0 Å². The van der Waals surface area contributed by atoms with Gasteiger partial charge in [-0.05, 0) is 38.4 Å². The first-order valence-electron chi connectivity index (χ1n) is 8.85. The van der Waals surface area contributed by atoms with Gasteiger partial charge in [-0.25, -0.2) is 0 Å². The summed E-state index contributed by atoms with van der Waals surface area (Å²) in [5.74, 6) is 0.435. The van der Waals surface area contributed by atoms with E-state index < -0.39 is 0 Å². The molecule has 1 spiro atoms. The van der Waals surface area contributed by atoms with Gasteiger partial charge in [0.25, 0.3) is 0 Å². The average molecular weight is 311 g/mol. The summed E-state index contributed by atoms with van der Waals surface area (Å²) >= 11 is 1.97. The SMILES string of the molecule is CCCC1NC2(CCCC2)C(=O)N1C1CCCCC1SC. The van der Waals surface area contributed by atoms with Gasteiger partial charge in [0.1, 0.15) is 0 Å². The lowest BCUT2D eigenvalue weighted by Gasteiger charge is -2.40. The van der Waals surface area contributed by atoms with Gasteiger partial charge >= 0.3 is 0 Å². The van der Waals surface area contributed by atoms with Crippen LogP contribution < -0.4 is 5.32 Å². The van der Waals surface area contributed by atoms with Crippen molar-refractivity contribution in [3.8, 4) is 0 Å². The highest BCUT2D eigenvalue weighted by molar-refractivity contribution is 7.99. The van der Waals surface area contributed by atoms with Crippen molar-refractivity contribution in [2.45, 2.75) is 94.1 Å². The van der Waals surface area contributed by atoms with E-state index in [9.17, 15) is 4.79 Å². The van der Waals surface area contributed by atoms with Crippen LogP contribution in [0.4, 0.5) is 0 Å². The maximum absolute atomic E-state index is 13.2. The van der Waals surface area contributed by atoms with Crippen molar-refractivity contribution in [3.05, 3.63) is 0 Å². The number of hydrogen-bond acceptors (Lipinski definition) is 3. The molecule has 1 amide bonds. The van der Waals surface area contributed by atoms with Crippen molar-refractivity contribution >= 4 is 17.7 Å².